The second-order valence-electron chi connectivity index (χ2n) is 5.03. The Morgan fingerprint density at radius 2 is 1.90 bits per heavy atom. The van der Waals surface area contributed by atoms with Crippen LogP contribution >= 0.6 is 0 Å². The minimum atomic E-state index is -0.356. The molecule has 1 N–H and O–H groups in total. The minimum Gasteiger partial charge on any atom is -0.325 e. The highest BCUT2D eigenvalue weighted by atomic mass is 19.1. The summed E-state index contributed by atoms with van der Waals surface area (Å²) in [6.07, 6.45) is 0.893. The molecule has 1 amide bonds. The van der Waals surface area contributed by atoms with Crippen LogP contribution in [-0.2, 0) is 11.2 Å². The van der Waals surface area contributed by atoms with Gasteiger partial charge in [-0.2, -0.15) is 0 Å². The number of carbonyl (C=O) groups excluding carboxylic acids is 1. The summed E-state index contributed by atoms with van der Waals surface area (Å²) in [5.41, 5.74) is 1.73. The van der Waals surface area contributed by atoms with Crippen LogP contribution in [0.25, 0.3) is 0 Å². The van der Waals surface area contributed by atoms with Gasteiger partial charge in [0, 0.05) is 12.2 Å². The standard InChI is InChI=1S/C17H19FN2O/c1-20(11-10-14-6-3-2-4-7-14)13-17(21)19-16-9-5-8-15(18)12-16/h2-9,12H,10-11,13H2,1H3,(H,19,21). The number of halogens is 1. The van der Waals surface area contributed by atoms with Crippen LogP contribution in [0.5, 0.6) is 0 Å². The van der Waals surface area contributed by atoms with E-state index in [0.717, 1.165) is 13.0 Å². The molecule has 0 bridgehead atoms. The molecule has 110 valence electrons. The van der Waals surface area contributed by atoms with Crippen LogP contribution in [0.1, 0.15) is 5.56 Å². The molecule has 2 aromatic carbocycles. The van der Waals surface area contributed by atoms with Crippen molar-refractivity contribution < 1.29 is 9.18 Å². The maximum atomic E-state index is 13.0. The molecule has 0 saturated heterocycles. The zero-order valence-corrected chi connectivity index (χ0v) is 12.1. The molecule has 0 unspecified atom stereocenters. The fraction of sp³-hybridized carbons (Fsp3) is 0.235. The van der Waals surface area contributed by atoms with Crippen molar-refractivity contribution >= 4 is 11.6 Å². The van der Waals surface area contributed by atoms with Crippen molar-refractivity contribution in [1.82, 2.24) is 4.90 Å². The summed E-state index contributed by atoms with van der Waals surface area (Å²) in [7, 11) is 1.90. The lowest BCUT2D eigenvalue weighted by Crippen LogP contribution is -2.31. The van der Waals surface area contributed by atoms with Crippen LogP contribution in [0.2, 0.25) is 0 Å². The van der Waals surface area contributed by atoms with E-state index < -0.39 is 0 Å². The number of carbonyl (C=O) groups is 1. The molecule has 0 aliphatic rings. The van der Waals surface area contributed by atoms with Crippen molar-refractivity contribution in [3.63, 3.8) is 0 Å². The first kappa shape index (κ1) is 15.2. The number of nitrogens with one attached hydrogen (secondary N) is 1. The normalized spacial score (nSPS) is 10.6. The van der Waals surface area contributed by atoms with E-state index in [9.17, 15) is 9.18 Å². The number of hydrogen-bond donors (Lipinski definition) is 1. The van der Waals surface area contributed by atoms with Gasteiger partial charge in [0.1, 0.15) is 5.82 Å². The van der Waals surface area contributed by atoms with E-state index in [1.807, 2.05) is 30.1 Å². The van der Waals surface area contributed by atoms with Crippen LogP contribution in [0.4, 0.5) is 10.1 Å². The zero-order valence-electron chi connectivity index (χ0n) is 12.1. The highest BCUT2D eigenvalue weighted by Gasteiger charge is 2.07. The third kappa shape index (κ3) is 5.36. The van der Waals surface area contributed by atoms with E-state index in [4.69, 9.17) is 0 Å². The zero-order chi connectivity index (χ0) is 15.1. The quantitative estimate of drug-likeness (QED) is 0.885. The predicted molar refractivity (Wildman–Crippen MR) is 82.7 cm³/mol. The summed E-state index contributed by atoms with van der Waals surface area (Å²) >= 11 is 0. The van der Waals surface area contributed by atoms with Gasteiger partial charge in [0.05, 0.1) is 6.54 Å². The first-order valence-electron chi connectivity index (χ1n) is 6.91. The molecule has 0 aromatic heterocycles. The largest absolute Gasteiger partial charge is 0.325 e. The summed E-state index contributed by atoms with van der Waals surface area (Å²) in [4.78, 5) is 13.8. The number of benzene rings is 2. The Hall–Kier alpha value is -2.20. The Balaban J connectivity index is 1.77. The number of likely N-dealkylation sites (N-methyl/N-ethyl adjacent to an activating group) is 1. The minimum absolute atomic E-state index is 0.142. The summed E-state index contributed by atoms with van der Waals surface area (Å²) in [5.74, 6) is -0.499. The van der Waals surface area contributed by atoms with Crippen LogP contribution in [0.15, 0.2) is 54.6 Å². The van der Waals surface area contributed by atoms with E-state index in [2.05, 4.69) is 17.4 Å². The van der Waals surface area contributed by atoms with Crippen molar-refractivity contribution in [2.45, 2.75) is 6.42 Å². The lowest BCUT2D eigenvalue weighted by molar-refractivity contribution is -0.117. The molecular weight excluding hydrogens is 267 g/mol. The number of hydrogen-bond acceptors (Lipinski definition) is 2. The number of amides is 1. The third-order valence-electron chi connectivity index (χ3n) is 3.15. The van der Waals surface area contributed by atoms with Gasteiger partial charge in [0.15, 0.2) is 0 Å². The Morgan fingerprint density at radius 3 is 2.62 bits per heavy atom. The molecule has 0 radical (unpaired) electrons. The molecule has 3 nitrogen and oxygen atoms in total. The van der Waals surface area contributed by atoms with Gasteiger partial charge in [0.25, 0.3) is 0 Å². The lowest BCUT2D eigenvalue weighted by atomic mass is 10.1. The maximum Gasteiger partial charge on any atom is 0.238 e. The van der Waals surface area contributed by atoms with Crippen molar-refractivity contribution in [3.8, 4) is 0 Å². The highest BCUT2D eigenvalue weighted by Crippen LogP contribution is 2.09. The molecule has 2 rings (SSSR count). The van der Waals surface area contributed by atoms with E-state index in [1.54, 1.807) is 12.1 Å². The molecule has 0 saturated carbocycles. The van der Waals surface area contributed by atoms with Gasteiger partial charge >= 0.3 is 0 Å². The number of nitrogens with zero attached hydrogens (tertiary/aromatic N) is 1. The molecular formula is C17H19FN2O. The Kier molecular flexibility index (Phi) is 5.46. The topological polar surface area (TPSA) is 32.3 Å². The summed E-state index contributed by atoms with van der Waals surface area (Å²) in [6.45, 7) is 1.07. The van der Waals surface area contributed by atoms with Crippen molar-refractivity contribution in [2.24, 2.45) is 0 Å². The van der Waals surface area contributed by atoms with Crippen molar-refractivity contribution in [1.29, 1.82) is 0 Å². The van der Waals surface area contributed by atoms with Gasteiger partial charge < -0.3 is 5.32 Å². The Labute approximate surface area is 124 Å². The number of rotatable bonds is 6. The average molecular weight is 286 g/mol. The SMILES string of the molecule is CN(CCc1ccccc1)CC(=O)Nc1cccc(F)c1. The molecule has 0 aliphatic heterocycles. The van der Waals surface area contributed by atoms with Gasteiger partial charge in [-0.05, 0) is 37.2 Å². The van der Waals surface area contributed by atoms with Crippen LogP contribution < -0.4 is 5.32 Å². The van der Waals surface area contributed by atoms with Gasteiger partial charge in [-0.25, -0.2) is 4.39 Å². The fourth-order valence-corrected chi connectivity index (χ4v) is 2.06. The van der Waals surface area contributed by atoms with Crippen molar-refractivity contribution in [3.05, 3.63) is 66.0 Å². The van der Waals surface area contributed by atoms with E-state index >= 15 is 0 Å². The van der Waals surface area contributed by atoms with Crippen molar-refractivity contribution in [2.75, 3.05) is 25.5 Å². The molecule has 0 atom stereocenters. The molecule has 21 heavy (non-hydrogen) atoms. The second-order valence-corrected chi connectivity index (χ2v) is 5.03. The van der Waals surface area contributed by atoms with Gasteiger partial charge in [-0.3, -0.25) is 9.69 Å². The van der Waals surface area contributed by atoms with Crippen LogP contribution in [-0.4, -0.2) is 30.9 Å². The third-order valence-corrected chi connectivity index (χ3v) is 3.15. The number of anilines is 1. The van der Waals surface area contributed by atoms with E-state index in [0.29, 0.717) is 5.69 Å². The van der Waals surface area contributed by atoms with E-state index in [-0.39, 0.29) is 18.3 Å². The monoisotopic (exact) mass is 286 g/mol. The molecule has 0 spiro atoms. The lowest BCUT2D eigenvalue weighted by Gasteiger charge is -2.16. The fourth-order valence-electron chi connectivity index (χ4n) is 2.06. The molecule has 4 heteroatoms. The Morgan fingerprint density at radius 1 is 1.14 bits per heavy atom. The molecule has 0 aliphatic carbocycles. The molecule has 0 fully saturated rings. The van der Waals surface area contributed by atoms with E-state index in [1.165, 1.54) is 17.7 Å². The second kappa shape index (κ2) is 7.55. The average Bonchev–Trinajstić information content (AvgIpc) is 2.46. The van der Waals surface area contributed by atoms with Gasteiger partial charge in [-0.15, -0.1) is 0 Å². The van der Waals surface area contributed by atoms with Gasteiger partial charge in [-0.1, -0.05) is 36.4 Å². The van der Waals surface area contributed by atoms with Crippen LogP contribution in [0.3, 0.4) is 0 Å². The molecule has 0 heterocycles. The smallest absolute Gasteiger partial charge is 0.238 e. The van der Waals surface area contributed by atoms with Crippen LogP contribution in [0, 0.1) is 5.82 Å². The summed E-state index contributed by atoms with van der Waals surface area (Å²) in [6, 6.07) is 16.0. The highest BCUT2D eigenvalue weighted by molar-refractivity contribution is 5.92. The maximum absolute atomic E-state index is 13.0. The van der Waals surface area contributed by atoms with Gasteiger partial charge in [0.2, 0.25) is 5.91 Å². The predicted octanol–water partition coefficient (Wildman–Crippen LogP) is 2.94. The first-order chi connectivity index (χ1) is 10.1. The summed E-state index contributed by atoms with van der Waals surface area (Å²) in [5, 5.41) is 2.69. The first-order valence-corrected chi connectivity index (χ1v) is 6.91. The summed E-state index contributed by atoms with van der Waals surface area (Å²) < 4.78 is 13.0. The molecule has 2 aromatic rings. The Bertz CT molecular complexity index is 586.